The topological polar surface area (TPSA) is 49.4 Å². The molecule has 0 fully saturated rings. The van der Waals surface area contributed by atoms with Crippen LogP contribution >= 0.6 is 0 Å². The highest BCUT2D eigenvalue weighted by atomic mass is 15.2. The summed E-state index contributed by atoms with van der Waals surface area (Å²) >= 11 is 0. The van der Waals surface area contributed by atoms with Crippen LogP contribution in [0.1, 0.15) is 60.8 Å². The van der Waals surface area contributed by atoms with Crippen LogP contribution < -0.4 is 0 Å². The van der Waals surface area contributed by atoms with Gasteiger partial charge in [0, 0.05) is 55.5 Å². The molecule has 0 aliphatic carbocycles. The molecule has 0 unspecified atom stereocenters. The van der Waals surface area contributed by atoms with Crippen molar-refractivity contribution >= 4 is 23.9 Å². The molecular weight excluding hydrogens is 296 g/mol. The zero-order valence-corrected chi connectivity index (χ0v) is 16.0. The molecule has 0 spiro atoms. The Morgan fingerprint density at radius 3 is 1.75 bits per heavy atom. The van der Waals surface area contributed by atoms with Crippen LogP contribution in [0.5, 0.6) is 0 Å². The van der Waals surface area contributed by atoms with E-state index in [4.69, 9.17) is 0 Å². The quantitative estimate of drug-likeness (QED) is 0.659. The van der Waals surface area contributed by atoms with Gasteiger partial charge in [-0.2, -0.15) is 10.2 Å². The number of nitrogens with zero attached hydrogens (tertiary/aromatic N) is 4. The summed E-state index contributed by atoms with van der Waals surface area (Å²) in [4.78, 5) is 8.17. The van der Waals surface area contributed by atoms with Crippen LogP contribution in [-0.2, 0) is 0 Å². The largest absolute Gasteiger partial charge is 0.269 e. The van der Waals surface area contributed by atoms with Crippen LogP contribution in [0, 0.1) is 17.8 Å². The molecule has 0 saturated carbocycles. The van der Waals surface area contributed by atoms with E-state index in [1.807, 2.05) is 24.8 Å². The average Bonchev–Trinajstić information content (AvgIpc) is 3.29. The van der Waals surface area contributed by atoms with Gasteiger partial charge in [-0.05, 0) is 23.3 Å². The van der Waals surface area contributed by atoms with Gasteiger partial charge in [-0.3, -0.25) is 9.98 Å². The molecule has 24 heavy (non-hydrogen) atoms. The van der Waals surface area contributed by atoms with Crippen molar-refractivity contribution in [1.29, 1.82) is 0 Å². The second-order valence-electron chi connectivity index (χ2n) is 7.01. The number of hydrogen-bond donors (Lipinski definition) is 0. The van der Waals surface area contributed by atoms with Crippen molar-refractivity contribution < 1.29 is 0 Å². The second-order valence-corrected chi connectivity index (χ2v) is 7.01. The lowest BCUT2D eigenvalue weighted by Gasteiger charge is -2.01. The molecule has 0 saturated heterocycles. The summed E-state index contributed by atoms with van der Waals surface area (Å²) in [6.45, 7) is 13.0. The zero-order valence-electron chi connectivity index (χ0n) is 16.0. The Hall–Kier alpha value is -1.84. The Morgan fingerprint density at radius 1 is 0.792 bits per heavy atom. The molecule has 132 valence electrons. The van der Waals surface area contributed by atoms with Crippen molar-refractivity contribution in [2.24, 2.45) is 37.9 Å². The highest BCUT2D eigenvalue weighted by Gasteiger charge is 2.06. The molecule has 3 rings (SSSR count). The predicted octanol–water partition coefficient (Wildman–Crippen LogP) is 5.47. The molecule has 0 aromatic rings. The van der Waals surface area contributed by atoms with Gasteiger partial charge in [0.2, 0.25) is 0 Å². The standard InChI is InChI=1S/2C7H11N.C6H10N2/c1-6(2)7-3-4-8-5-7;1-6(2)7-4-3-5-8-7;1-5(2)6-3-4-7-8-6/h4-6H,3H2,1-2H3;3,5-6H,4H2,1-2H3;4-5H,3H2,1-2H3. The number of rotatable bonds is 3. The maximum absolute atomic E-state index is 4.17. The van der Waals surface area contributed by atoms with Crippen LogP contribution in [0.15, 0.2) is 44.2 Å². The molecular formula is C20H32N4. The molecule has 0 N–H and O–H groups in total. The monoisotopic (exact) mass is 328 g/mol. The van der Waals surface area contributed by atoms with E-state index in [0.29, 0.717) is 17.8 Å². The molecule has 0 aromatic carbocycles. The van der Waals surface area contributed by atoms with E-state index >= 15 is 0 Å². The summed E-state index contributed by atoms with van der Waals surface area (Å²) in [5.41, 5.74) is 3.96. The summed E-state index contributed by atoms with van der Waals surface area (Å²) in [5.74, 6) is 1.87. The Morgan fingerprint density at radius 2 is 1.50 bits per heavy atom. The Kier molecular flexibility index (Phi) is 9.13. The van der Waals surface area contributed by atoms with Crippen molar-refractivity contribution in [3.05, 3.63) is 24.0 Å². The first kappa shape index (κ1) is 20.2. The maximum Gasteiger partial charge on any atom is 0.0484 e. The van der Waals surface area contributed by atoms with Crippen molar-refractivity contribution in [2.75, 3.05) is 0 Å². The lowest BCUT2D eigenvalue weighted by molar-refractivity contribution is 0.759. The number of allylic oxidation sites excluding steroid dienone is 2. The molecule has 0 bridgehead atoms. The van der Waals surface area contributed by atoms with Gasteiger partial charge in [-0.25, -0.2) is 0 Å². The summed E-state index contributed by atoms with van der Waals surface area (Å²) in [5, 5.41) is 7.67. The fourth-order valence-corrected chi connectivity index (χ4v) is 2.14. The Labute approximate surface area is 147 Å². The first-order valence-corrected chi connectivity index (χ1v) is 8.92. The van der Waals surface area contributed by atoms with Gasteiger partial charge in [0.1, 0.15) is 0 Å². The summed E-state index contributed by atoms with van der Waals surface area (Å²) in [7, 11) is 0. The first-order chi connectivity index (χ1) is 11.4. The van der Waals surface area contributed by atoms with Gasteiger partial charge in [0.05, 0.1) is 0 Å². The van der Waals surface area contributed by atoms with Crippen LogP contribution in [0.25, 0.3) is 0 Å². The minimum absolute atomic E-state index is 0.567. The van der Waals surface area contributed by atoms with Crippen molar-refractivity contribution in [1.82, 2.24) is 0 Å². The van der Waals surface area contributed by atoms with E-state index in [1.165, 1.54) is 17.0 Å². The third-order valence-corrected chi connectivity index (χ3v) is 3.99. The number of aliphatic imine (C=N–C) groups is 2. The Balaban J connectivity index is 0.000000180. The molecule has 4 heteroatoms. The van der Waals surface area contributed by atoms with Crippen molar-refractivity contribution in [3.8, 4) is 0 Å². The van der Waals surface area contributed by atoms with E-state index in [1.54, 1.807) is 0 Å². The molecule has 0 radical (unpaired) electrons. The lowest BCUT2D eigenvalue weighted by atomic mass is 10.0. The Bertz CT molecular complexity index is 477. The minimum atomic E-state index is 0.567. The second kappa shape index (κ2) is 10.8. The van der Waals surface area contributed by atoms with Gasteiger partial charge in [-0.1, -0.05) is 47.6 Å². The van der Waals surface area contributed by atoms with Gasteiger partial charge >= 0.3 is 0 Å². The molecule has 3 aliphatic heterocycles. The van der Waals surface area contributed by atoms with Crippen LogP contribution in [0.2, 0.25) is 0 Å². The third-order valence-electron chi connectivity index (χ3n) is 3.99. The van der Waals surface area contributed by atoms with E-state index in [0.717, 1.165) is 19.3 Å². The summed E-state index contributed by atoms with van der Waals surface area (Å²) in [6.07, 6.45) is 12.8. The normalized spacial score (nSPS) is 17.6. The molecule has 0 amide bonds. The third kappa shape index (κ3) is 7.62. The minimum Gasteiger partial charge on any atom is -0.269 e. The van der Waals surface area contributed by atoms with Gasteiger partial charge in [0.25, 0.3) is 0 Å². The van der Waals surface area contributed by atoms with Crippen molar-refractivity contribution in [3.63, 3.8) is 0 Å². The van der Waals surface area contributed by atoms with Gasteiger partial charge in [-0.15, -0.1) is 0 Å². The van der Waals surface area contributed by atoms with Crippen LogP contribution in [0.3, 0.4) is 0 Å². The maximum atomic E-state index is 4.17. The summed E-state index contributed by atoms with van der Waals surface area (Å²) < 4.78 is 0. The van der Waals surface area contributed by atoms with E-state index in [-0.39, 0.29) is 0 Å². The smallest absolute Gasteiger partial charge is 0.0484 e. The average molecular weight is 329 g/mol. The molecule has 4 nitrogen and oxygen atoms in total. The molecule has 3 aliphatic rings. The van der Waals surface area contributed by atoms with E-state index < -0.39 is 0 Å². The molecule has 0 aromatic heterocycles. The fraction of sp³-hybridized carbons (Fsp3) is 0.600. The van der Waals surface area contributed by atoms with Crippen molar-refractivity contribution in [2.45, 2.75) is 60.8 Å². The van der Waals surface area contributed by atoms with Crippen LogP contribution in [0.4, 0.5) is 0 Å². The fourth-order valence-electron chi connectivity index (χ4n) is 2.14. The predicted molar refractivity (Wildman–Crippen MR) is 107 cm³/mol. The van der Waals surface area contributed by atoms with Gasteiger partial charge in [0.15, 0.2) is 0 Å². The number of hydrogen-bond acceptors (Lipinski definition) is 4. The highest BCUT2D eigenvalue weighted by molar-refractivity contribution is 5.99. The highest BCUT2D eigenvalue weighted by Crippen LogP contribution is 2.15. The molecule has 3 heterocycles. The van der Waals surface area contributed by atoms with Crippen LogP contribution in [-0.4, -0.2) is 23.9 Å². The van der Waals surface area contributed by atoms with Gasteiger partial charge < -0.3 is 0 Å². The zero-order chi connectivity index (χ0) is 17.9. The van der Waals surface area contributed by atoms with E-state index in [2.05, 4.69) is 67.8 Å². The SMILES string of the molecule is CC(C)C1=CN=CC1.CC(C)C1=NC=CC1.CC(C)C1=NN=CC1. The van der Waals surface area contributed by atoms with E-state index in [9.17, 15) is 0 Å². The summed E-state index contributed by atoms with van der Waals surface area (Å²) in [6, 6.07) is 0. The lowest BCUT2D eigenvalue weighted by Crippen LogP contribution is -2.03. The molecule has 0 atom stereocenters. The first-order valence-electron chi connectivity index (χ1n) is 8.92.